The number of nitrogens with one attached hydrogen (secondary N) is 1. The number of hydrogen-bond donors (Lipinski definition) is 2. The Kier molecular flexibility index (Phi) is 5.22. The number of nitrogens with zero attached hydrogens (tertiary/aromatic N) is 1. The van der Waals surface area contributed by atoms with Gasteiger partial charge in [0.1, 0.15) is 0 Å². The first-order valence-electron chi connectivity index (χ1n) is 6.35. The van der Waals surface area contributed by atoms with Crippen LogP contribution >= 0.6 is 0 Å². The lowest BCUT2D eigenvalue weighted by atomic mass is 9.92. The molecule has 1 fully saturated rings. The molecule has 1 unspecified atom stereocenters. The molecular weight excluding hydrogens is 204 g/mol. The first-order valence-corrected chi connectivity index (χ1v) is 6.35. The van der Waals surface area contributed by atoms with Gasteiger partial charge in [-0.05, 0) is 39.2 Å². The molecule has 0 saturated carbocycles. The molecule has 1 aliphatic heterocycles. The van der Waals surface area contributed by atoms with E-state index in [1.807, 2.05) is 11.8 Å². The number of likely N-dealkylation sites (N-methyl/N-ethyl adjacent to an activating group) is 1. The number of amides is 1. The Balaban J connectivity index is 2.64. The Labute approximate surface area is 98.0 Å². The van der Waals surface area contributed by atoms with Crippen molar-refractivity contribution >= 4 is 5.91 Å². The van der Waals surface area contributed by atoms with E-state index < -0.39 is 0 Å². The van der Waals surface area contributed by atoms with Gasteiger partial charge in [0.25, 0.3) is 0 Å². The molecule has 1 heterocycles. The van der Waals surface area contributed by atoms with E-state index in [4.69, 9.17) is 5.11 Å². The molecule has 1 rings (SSSR count). The van der Waals surface area contributed by atoms with Crippen molar-refractivity contribution in [1.29, 1.82) is 0 Å². The van der Waals surface area contributed by atoms with Crippen LogP contribution in [0.25, 0.3) is 0 Å². The highest BCUT2D eigenvalue weighted by molar-refractivity contribution is 5.86. The fourth-order valence-corrected chi connectivity index (χ4v) is 2.41. The van der Waals surface area contributed by atoms with Crippen LogP contribution in [0.15, 0.2) is 0 Å². The van der Waals surface area contributed by atoms with Crippen molar-refractivity contribution in [2.75, 3.05) is 26.2 Å². The van der Waals surface area contributed by atoms with Gasteiger partial charge in [-0.3, -0.25) is 4.79 Å². The molecule has 1 amide bonds. The smallest absolute Gasteiger partial charge is 0.242 e. The van der Waals surface area contributed by atoms with E-state index in [-0.39, 0.29) is 18.1 Å². The highest BCUT2D eigenvalue weighted by atomic mass is 16.3. The number of hydrogen-bond acceptors (Lipinski definition) is 3. The van der Waals surface area contributed by atoms with Gasteiger partial charge in [0.15, 0.2) is 0 Å². The molecule has 16 heavy (non-hydrogen) atoms. The highest BCUT2D eigenvalue weighted by Gasteiger charge is 2.41. The molecular formula is C12H24N2O2. The molecule has 0 radical (unpaired) electrons. The van der Waals surface area contributed by atoms with Crippen LogP contribution in [0.3, 0.4) is 0 Å². The maximum Gasteiger partial charge on any atom is 0.242 e. The summed E-state index contributed by atoms with van der Waals surface area (Å²) in [7, 11) is 0. The van der Waals surface area contributed by atoms with Crippen LogP contribution < -0.4 is 5.32 Å². The Bertz CT molecular complexity index is 225. The van der Waals surface area contributed by atoms with Gasteiger partial charge in [-0.15, -0.1) is 0 Å². The molecule has 1 aliphatic rings. The van der Waals surface area contributed by atoms with Crippen LogP contribution in [0.2, 0.25) is 0 Å². The maximum atomic E-state index is 12.4. The van der Waals surface area contributed by atoms with E-state index in [0.29, 0.717) is 13.0 Å². The van der Waals surface area contributed by atoms with E-state index in [9.17, 15) is 4.79 Å². The third-order valence-electron chi connectivity index (χ3n) is 3.51. The Morgan fingerprint density at radius 1 is 1.50 bits per heavy atom. The van der Waals surface area contributed by atoms with Crippen LogP contribution in [0.5, 0.6) is 0 Å². The quantitative estimate of drug-likeness (QED) is 0.705. The molecule has 0 bridgehead atoms. The van der Waals surface area contributed by atoms with Crippen molar-refractivity contribution in [3.8, 4) is 0 Å². The summed E-state index contributed by atoms with van der Waals surface area (Å²) < 4.78 is 0. The monoisotopic (exact) mass is 228 g/mol. The SMILES string of the molecule is CCN(CCCO)C(=O)C1(CC)CCCN1. The zero-order chi connectivity index (χ0) is 12.0. The third kappa shape index (κ3) is 2.74. The largest absolute Gasteiger partial charge is 0.396 e. The number of carbonyl (C=O) groups is 1. The lowest BCUT2D eigenvalue weighted by Crippen LogP contribution is -2.54. The van der Waals surface area contributed by atoms with Gasteiger partial charge in [-0.1, -0.05) is 6.92 Å². The van der Waals surface area contributed by atoms with Gasteiger partial charge in [-0.25, -0.2) is 0 Å². The third-order valence-corrected chi connectivity index (χ3v) is 3.51. The number of aliphatic hydroxyl groups is 1. The summed E-state index contributed by atoms with van der Waals surface area (Å²) in [6, 6.07) is 0. The fourth-order valence-electron chi connectivity index (χ4n) is 2.41. The van der Waals surface area contributed by atoms with Crippen molar-refractivity contribution in [2.45, 2.75) is 45.1 Å². The minimum atomic E-state index is -0.328. The summed E-state index contributed by atoms with van der Waals surface area (Å²) in [5, 5.41) is 12.2. The van der Waals surface area contributed by atoms with E-state index >= 15 is 0 Å². The van der Waals surface area contributed by atoms with Gasteiger partial charge >= 0.3 is 0 Å². The molecule has 0 aromatic carbocycles. The first kappa shape index (κ1) is 13.5. The van der Waals surface area contributed by atoms with Crippen molar-refractivity contribution in [2.24, 2.45) is 0 Å². The molecule has 1 atom stereocenters. The summed E-state index contributed by atoms with van der Waals surface area (Å²) in [6.07, 6.45) is 3.54. The topological polar surface area (TPSA) is 52.6 Å². The molecule has 0 aromatic rings. The summed E-state index contributed by atoms with van der Waals surface area (Å²) in [6.45, 7) is 6.54. The molecule has 0 aromatic heterocycles. The molecule has 94 valence electrons. The zero-order valence-electron chi connectivity index (χ0n) is 10.5. The second-order valence-corrected chi connectivity index (χ2v) is 4.43. The van der Waals surface area contributed by atoms with Gasteiger partial charge in [-0.2, -0.15) is 0 Å². The van der Waals surface area contributed by atoms with Crippen molar-refractivity contribution < 1.29 is 9.90 Å². The molecule has 0 spiro atoms. The molecule has 0 aliphatic carbocycles. The van der Waals surface area contributed by atoms with Crippen molar-refractivity contribution in [3.63, 3.8) is 0 Å². The highest BCUT2D eigenvalue weighted by Crippen LogP contribution is 2.25. The van der Waals surface area contributed by atoms with E-state index in [1.54, 1.807) is 0 Å². The average molecular weight is 228 g/mol. The average Bonchev–Trinajstić information content (AvgIpc) is 2.79. The summed E-state index contributed by atoms with van der Waals surface area (Å²) in [5.41, 5.74) is -0.328. The predicted molar refractivity (Wildman–Crippen MR) is 64.2 cm³/mol. The second-order valence-electron chi connectivity index (χ2n) is 4.43. The Morgan fingerprint density at radius 2 is 2.25 bits per heavy atom. The number of carbonyl (C=O) groups excluding carboxylic acids is 1. The van der Waals surface area contributed by atoms with Crippen LogP contribution in [-0.2, 0) is 4.79 Å². The van der Waals surface area contributed by atoms with Crippen LogP contribution in [0, 0.1) is 0 Å². The zero-order valence-corrected chi connectivity index (χ0v) is 10.5. The number of aliphatic hydroxyl groups excluding tert-OH is 1. The summed E-state index contributed by atoms with van der Waals surface area (Å²) in [5.74, 6) is 0.212. The summed E-state index contributed by atoms with van der Waals surface area (Å²) >= 11 is 0. The van der Waals surface area contributed by atoms with Crippen LogP contribution in [0.4, 0.5) is 0 Å². The number of rotatable bonds is 6. The lowest BCUT2D eigenvalue weighted by molar-refractivity contribution is -0.138. The Hall–Kier alpha value is -0.610. The normalized spacial score (nSPS) is 24.7. The second kappa shape index (κ2) is 6.21. The Morgan fingerprint density at radius 3 is 2.69 bits per heavy atom. The van der Waals surface area contributed by atoms with Crippen LogP contribution in [0.1, 0.15) is 39.5 Å². The minimum Gasteiger partial charge on any atom is -0.396 e. The standard InChI is InChI=1S/C12H24N2O2/c1-3-12(7-5-8-13-12)11(16)14(4-2)9-6-10-15/h13,15H,3-10H2,1-2H3. The predicted octanol–water partition coefficient (Wildman–Crippen LogP) is 0.749. The molecule has 2 N–H and O–H groups in total. The van der Waals surface area contributed by atoms with E-state index in [1.165, 1.54) is 0 Å². The van der Waals surface area contributed by atoms with Gasteiger partial charge < -0.3 is 15.3 Å². The first-order chi connectivity index (χ1) is 7.70. The van der Waals surface area contributed by atoms with Gasteiger partial charge in [0.2, 0.25) is 5.91 Å². The molecule has 4 heteroatoms. The maximum absolute atomic E-state index is 12.4. The van der Waals surface area contributed by atoms with Crippen molar-refractivity contribution in [3.05, 3.63) is 0 Å². The van der Waals surface area contributed by atoms with Crippen molar-refractivity contribution in [1.82, 2.24) is 10.2 Å². The summed E-state index contributed by atoms with van der Waals surface area (Å²) in [4.78, 5) is 14.3. The van der Waals surface area contributed by atoms with Crippen LogP contribution in [-0.4, -0.2) is 47.7 Å². The fraction of sp³-hybridized carbons (Fsp3) is 0.917. The van der Waals surface area contributed by atoms with Gasteiger partial charge in [0, 0.05) is 19.7 Å². The van der Waals surface area contributed by atoms with Gasteiger partial charge in [0.05, 0.1) is 5.54 Å². The lowest BCUT2D eigenvalue weighted by Gasteiger charge is -2.33. The van der Waals surface area contributed by atoms with E-state index in [0.717, 1.165) is 32.4 Å². The molecule has 1 saturated heterocycles. The minimum absolute atomic E-state index is 0.149. The molecule has 4 nitrogen and oxygen atoms in total. The van der Waals surface area contributed by atoms with E-state index in [2.05, 4.69) is 12.2 Å².